The summed E-state index contributed by atoms with van der Waals surface area (Å²) in [5, 5.41) is 16.9. The third kappa shape index (κ3) is 3.68. The van der Waals surface area contributed by atoms with Gasteiger partial charge in [-0.05, 0) is 37.9 Å². The Balaban J connectivity index is 1.71. The first kappa shape index (κ1) is 15.5. The van der Waals surface area contributed by atoms with Crippen molar-refractivity contribution < 1.29 is 9.53 Å². The Kier molecular flexibility index (Phi) is 4.87. The van der Waals surface area contributed by atoms with Crippen molar-refractivity contribution in [3.05, 3.63) is 35.7 Å². The number of H-pyrrole nitrogens is 1. The van der Waals surface area contributed by atoms with E-state index in [1.165, 1.54) is 0 Å². The average molecular weight is 315 g/mol. The fourth-order valence-corrected chi connectivity index (χ4v) is 2.64. The molecule has 23 heavy (non-hydrogen) atoms. The summed E-state index contributed by atoms with van der Waals surface area (Å²) in [6.45, 7) is 3.64. The monoisotopic (exact) mass is 315 g/mol. The van der Waals surface area contributed by atoms with Gasteiger partial charge in [-0.2, -0.15) is 15.4 Å². The molecule has 0 bridgehead atoms. The fraction of sp³-hybridized carbons (Fsp3) is 0.438. The van der Waals surface area contributed by atoms with E-state index >= 15 is 0 Å². The second kappa shape index (κ2) is 7.23. The molecule has 7 nitrogen and oxygen atoms in total. The zero-order valence-electron chi connectivity index (χ0n) is 13.1. The van der Waals surface area contributed by atoms with Crippen LogP contribution in [-0.4, -0.2) is 34.5 Å². The molecule has 1 unspecified atom stereocenters. The summed E-state index contributed by atoms with van der Waals surface area (Å²) < 4.78 is 5.58. The summed E-state index contributed by atoms with van der Waals surface area (Å²) in [6.07, 6.45) is 2.98. The second-order valence-corrected chi connectivity index (χ2v) is 5.54. The first-order valence-corrected chi connectivity index (χ1v) is 7.96. The topological polar surface area (TPSA) is 91.9 Å². The summed E-state index contributed by atoms with van der Waals surface area (Å²) >= 11 is 0. The van der Waals surface area contributed by atoms with Gasteiger partial charge >= 0.3 is 0 Å². The van der Waals surface area contributed by atoms with Crippen LogP contribution in [0.5, 0.6) is 5.75 Å². The lowest BCUT2D eigenvalue weighted by molar-refractivity contribution is 0.102. The highest BCUT2D eigenvalue weighted by atomic mass is 16.5. The van der Waals surface area contributed by atoms with E-state index in [2.05, 4.69) is 33.0 Å². The number of carbonyl (C=O) groups excluding carboxylic acids is 1. The Morgan fingerprint density at radius 1 is 1.43 bits per heavy atom. The standard InChI is InChI=1S/C16H21N5O2/c1-2-9-23-12-6-3-5-11(10-12)18-16(22)15-14(19-21-20-15)13-7-4-8-17-13/h3,5-6,10,13,17H,2,4,7-9H2,1H3,(H,18,22)(H,19,20,21). The maximum Gasteiger partial charge on any atom is 0.278 e. The number of benzene rings is 1. The Morgan fingerprint density at radius 3 is 3.13 bits per heavy atom. The molecule has 1 amide bonds. The lowest BCUT2D eigenvalue weighted by Gasteiger charge is -2.10. The molecule has 1 aromatic heterocycles. The predicted molar refractivity (Wildman–Crippen MR) is 86.5 cm³/mol. The summed E-state index contributed by atoms with van der Waals surface area (Å²) in [4.78, 5) is 12.5. The third-order valence-electron chi connectivity index (χ3n) is 3.75. The number of anilines is 1. The largest absolute Gasteiger partial charge is 0.494 e. The van der Waals surface area contributed by atoms with Crippen LogP contribution < -0.4 is 15.4 Å². The SMILES string of the molecule is CCCOc1cccc(NC(=O)c2n[nH]nc2C2CCCN2)c1. The van der Waals surface area contributed by atoms with Gasteiger partial charge in [-0.15, -0.1) is 0 Å². The summed E-state index contributed by atoms with van der Waals surface area (Å²) in [6, 6.07) is 7.44. The number of aromatic amines is 1. The number of carbonyl (C=O) groups is 1. The minimum absolute atomic E-state index is 0.0914. The molecule has 0 spiro atoms. The van der Waals surface area contributed by atoms with Crippen molar-refractivity contribution in [1.82, 2.24) is 20.7 Å². The molecule has 1 aliphatic rings. The maximum absolute atomic E-state index is 12.5. The molecule has 7 heteroatoms. The Morgan fingerprint density at radius 2 is 2.35 bits per heavy atom. The lowest BCUT2D eigenvalue weighted by atomic mass is 10.1. The van der Waals surface area contributed by atoms with E-state index in [0.29, 0.717) is 23.7 Å². The van der Waals surface area contributed by atoms with Gasteiger partial charge in [0.2, 0.25) is 0 Å². The van der Waals surface area contributed by atoms with E-state index in [9.17, 15) is 4.79 Å². The molecule has 0 radical (unpaired) electrons. The van der Waals surface area contributed by atoms with E-state index < -0.39 is 0 Å². The molecule has 0 aliphatic carbocycles. The van der Waals surface area contributed by atoms with Crippen molar-refractivity contribution in [1.29, 1.82) is 0 Å². The molecule has 1 fully saturated rings. The maximum atomic E-state index is 12.5. The quantitative estimate of drug-likeness (QED) is 0.760. The summed E-state index contributed by atoms with van der Waals surface area (Å²) in [5.41, 5.74) is 1.69. The molecule has 3 N–H and O–H groups in total. The summed E-state index contributed by atoms with van der Waals surface area (Å²) in [7, 11) is 0. The number of nitrogens with zero attached hydrogens (tertiary/aromatic N) is 2. The van der Waals surface area contributed by atoms with E-state index in [1.807, 2.05) is 18.2 Å². The van der Waals surface area contributed by atoms with E-state index in [0.717, 1.165) is 31.6 Å². The molecule has 2 heterocycles. The summed E-state index contributed by atoms with van der Waals surface area (Å²) in [5.74, 6) is 0.470. The van der Waals surface area contributed by atoms with Gasteiger partial charge in [-0.25, -0.2) is 0 Å². The minimum Gasteiger partial charge on any atom is -0.494 e. The van der Waals surface area contributed by atoms with Crippen molar-refractivity contribution in [2.24, 2.45) is 0 Å². The van der Waals surface area contributed by atoms with E-state index in [4.69, 9.17) is 4.74 Å². The van der Waals surface area contributed by atoms with Gasteiger partial charge in [0.15, 0.2) is 5.69 Å². The highest BCUT2D eigenvalue weighted by Gasteiger charge is 2.26. The smallest absolute Gasteiger partial charge is 0.278 e. The highest BCUT2D eigenvalue weighted by Crippen LogP contribution is 2.24. The minimum atomic E-state index is -0.268. The van der Waals surface area contributed by atoms with Crippen LogP contribution in [0, 0.1) is 0 Å². The van der Waals surface area contributed by atoms with Gasteiger partial charge in [0, 0.05) is 11.8 Å². The number of rotatable bonds is 6. The number of amides is 1. The van der Waals surface area contributed by atoms with Crippen molar-refractivity contribution in [2.75, 3.05) is 18.5 Å². The normalized spacial score (nSPS) is 17.2. The van der Waals surface area contributed by atoms with E-state index in [1.54, 1.807) is 6.07 Å². The molecule has 1 aliphatic heterocycles. The Hall–Kier alpha value is -2.41. The Bertz CT molecular complexity index is 664. The molecule has 1 atom stereocenters. The predicted octanol–water partition coefficient (Wildman–Crippen LogP) is 2.27. The molecule has 1 saturated heterocycles. The molecule has 2 aromatic rings. The fourth-order valence-electron chi connectivity index (χ4n) is 2.64. The molecule has 1 aromatic carbocycles. The number of ether oxygens (including phenoxy) is 1. The molecular formula is C16H21N5O2. The van der Waals surface area contributed by atoms with Crippen LogP contribution in [0.4, 0.5) is 5.69 Å². The van der Waals surface area contributed by atoms with Gasteiger partial charge < -0.3 is 15.4 Å². The van der Waals surface area contributed by atoms with E-state index in [-0.39, 0.29) is 11.9 Å². The van der Waals surface area contributed by atoms with Crippen LogP contribution >= 0.6 is 0 Å². The van der Waals surface area contributed by atoms with Gasteiger partial charge in [0.25, 0.3) is 5.91 Å². The third-order valence-corrected chi connectivity index (χ3v) is 3.75. The van der Waals surface area contributed by atoms with Crippen molar-refractivity contribution in [2.45, 2.75) is 32.2 Å². The first-order chi connectivity index (χ1) is 11.3. The van der Waals surface area contributed by atoms with Crippen LogP contribution in [0.3, 0.4) is 0 Å². The number of aromatic nitrogens is 3. The zero-order chi connectivity index (χ0) is 16.1. The Labute approximate surface area is 134 Å². The van der Waals surface area contributed by atoms with Crippen molar-refractivity contribution >= 4 is 11.6 Å². The molecule has 122 valence electrons. The van der Waals surface area contributed by atoms with Gasteiger partial charge in [-0.3, -0.25) is 4.79 Å². The number of nitrogens with one attached hydrogen (secondary N) is 3. The molecular weight excluding hydrogens is 294 g/mol. The zero-order valence-corrected chi connectivity index (χ0v) is 13.1. The average Bonchev–Trinajstić information content (AvgIpc) is 3.23. The van der Waals surface area contributed by atoms with Crippen LogP contribution in [0.25, 0.3) is 0 Å². The van der Waals surface area contributed by atoms with Crippen LogP contribution in [0.15, 0.2) is 24.3 Å². The van der Waals surface area contributed by atoms with Crippen molar-refractivity contribution in [3.63, 3.8) is 0 Å². The van der Waals surface area contributed by atoms with Gasteiger partial charge in [0.1, 0.15) is 11.4 Å². The van der Waals surface area contributed by atoms with Crippen LogP contribution in [0.2, 0.25) is 0 Å². The first-order valence-electron chi connectivity index (χ1n) is 7.96. The molecule has 3 rings (SSSR count). The lowest BCUT2D eigenvalue weighted by Crippen LogP contribution is -2.20. The van der Waals surface area contributed by atoms with Gasteiger partial charge in [-0.1, -0.05) is 13.0 Å². The van der Waals surface area contributed by atoms with Crippen molar-refractivity contribution in [3.8, 4) is 5.75 Å². The highest BCUT2D eigenvalue weighted by molar-refractivity contribution is 6.03. The number of hydrogen-bond acceptors (Lipinski definition) is 5. The van der Waals surface area contributed by atoms with Crippen LogP contribution in [0.1, 0.15) is 48.4 Å². The van der Waals surface area contributed by atoms with Crippen LogP contribution in [-0.2, 0) is 0 Å². The van der Waals surface area contributed by atoms with Gasteiger partial charge in [0.05, 0.1) is 12.6 Å². The number of hydrogen-bond donors (Lipinski definition) is 3. The molecule has 0 saturated carbocycles. The second-order valence-electron chi connectivity index (χ2n) is 5.54.